The van der Waals surface area contributed by atoms with Crippen molar-refractivity contribution in [2.24, 2.45) is 0 Å². The highest BCUT2D eigenvalue weighted by Crippen LogP contribution is 2.24. The number of rotatable bonds is 9. The van der Waals surface area contributed by atoms with Gasteiger partial charge in [0, 0.05) is 84.7 Å². The van der Waals surface area contributed by atoms with Crippen molar-refractivity contribution in [1.29, 1.82) is 0 Å². The van der Waals surface area contributed by atoms with E-state index in [4.69, 9.17) is 23.2 Å². The number of methoxy groups -OCH3 is 2. The molecule has 4 aromatic carbocycles. The number of piperazine rings is 2. The Morgan fingerprint density at radius 1 is 0.656 bits per heavy atom. The Morgan fingerprint density at radius 3 is 1.52 bits per heavy atom. The molecular weight excluding hydrogens is 897 g/mol. The lowest BCUT2D eigenvalue weighted by Gasteiger charge is -2.37. The second-order valence-corrected chi connectivity index (χ2v) is 15.3. The zero-order valence-electron chi connectivity index (χ0n) is 34.6. The summed E-state index contributed by atoms with van der Waals surface area (Å²) in [7, 11) is 2.51. The summed E-state index contributed by atoms with van der Waals surface area (Å²) >= 11 is 14.9. The van der Waals surface area contributed by atoms with Crippen molar-refractivity contribution < 1.29 is 37.4 Å². The molecule has 17 heteroatoms. The summed E-state index contributed by atoms with van der Waals surface area (Å²) in [4.78, 5) is 57.7. The average molecular weight is 949 g/mol. The number of alkyl halides is 1. The number of hydrogen-bond acceptors (Lipinski definition) is 8. The third-order valence-electron chi connectivity index (χ3n) is 10.1. The average Bonchev–Trinajstić information content (AvgIpc) is 3.29. The van der Waals surface area contributed by atoms with Gasteiger partial charge in [0.15, 0.2) is 0 Å². The van der Waals surface area contributed by atoms with Crippen molar-refractivity contribution in [3.63, 3.8) is 0 Å². The van der Waals surface area contributed by atoms with Gasteiger partial charge < -0.3 is 34.4 Å². The minimum absolute atomic E-state index is 0.0295. The lowest BCUT2D eigenvalue weighted by molar-refractivity contribution is 0.0591. The largest absolute Gasteiger partial charge is 0.465 e. The summed E-state index contributed by atoms with van der Waals surface area (Å²) in [5.41, 5.74) is 2.58. The molecule has 0 saturated carbocycles. The highest BCUT2D eigenvalue weighted by molar-refractivity contribution is 9.08. The van der Waals surface area contributed by atoms with Gasteiger partial charge >= 0.3 is 24.0 Å². The summed E-state index contributed by atoms with van der Waals surface area (Å²) in [6.45, 7) is 12.6. The van der Waals surface area contributed by atoms with Crippen LogP contribution < -0.4 is 10.2 Å². The quantitative estimate of drug-likeness (QED) is 0.131. The fourth-order valence-corrected chi connectivity index (χ4v) is 7.02. The van der Waals surface area contributed by atoms with Crippen LogP contribution in [0.25, 0.3) is 0 Å². The lowest BCUT2D eigenvalue weighted by Crippen LogP contribution is -2.52. The van der Waals surface area contributed by atoms with E-state index in [1.165, 1.54) is 43.4 Å². The van der Waals surface area contributed by atoms with Crippen LogP contribution in [0.15, 0.2) is 84.9 Å². The molecule has 12 nitrogen and oxygen atoms in total. The van der Waals surface area contributed by atoms with Crippen LogP contribution in [-0.4, -0.2) is 123 Å². The first-order valence-electron chi connectivity index (χ1n) is 19.7. The van der Waals surface area contributed by atoms with Gasteiger partial charge in [0.1, 0.15) is 11.6 Å². The number of nitrogens with zero attached hydrogens (tertiary/aromatic N) is 5. The second kappa shape index (κ2) is 24.6. The van der Waals surface area contributed by atoms with Crippen LogP contribution in [0.2, 0.25) is 10.0 Å². The lowest BCUT2D eigenvalue weighted by atomic mass is 10.1. The number of anilines is 2. The number of nitrogens with one attached hydrogen (secondary N) is 1. The first-order chi connectivity index (χ1) is 29.3. The SMILES string of the molecule is CCN1CCN(C(=O)N(Cc2ccc(C(=O)OC)cc2F)c2ccc(Cl)cc2)CC1.CCN1CCN(C(=O)Nc2ccc(Cl)cc2)CC1.COC(=O)c1ccc(CBr)c(F)c1. The van der Waals surface area contributed by atoms with Gasteiger partial charge in [0.05, 0.1) is 31.9 Å². The number of esters is 2. The van der Waals surface area contributed by atoms with Gasteiger partial charge in [-0.05, 0) is 91.4 Å². The maximum atomic E-state index is 14.7. The normalized spacial score (nSPS) is 14.1. The summed E-state index contributed by atoms with van der Waals surface area (Å²) in [5.74, 6) is -2.11. The molecule has 2 saturated heterocycles. The number of amides is 4. The van der Waals surface area contributed by atoms with E-state index in [9.17, 15) is 28.0 Å². The van der Waals surface area contributed by atoms with Crippen LogP contribution in [0.3, 0.4) is 0 Å². The van der Waals surface area contributed by atoms with E-state index in [1.807, 2.05) is 17.0 Å². The highest BCUT2D eigenvalue weighted by atomic mass is 79.9. The van der Waals surface area contributed by atoms with Crippen molar-refractivity contribution in [3.8, 4) is 0 Å². The van der Waals surface area contributed by atoms with E-state index in [0.29, 0.717) is 45.3 Å². The Balaban J connectivity index is 0.000000223. The molecule has 61 heavy (non-hydrogen) atoms. The molecular formula is C44H51BrCl2F2N6O6. The summed E-state index contributed by atoms with van der Waals surface area (Å²) in [6, 6.07) is 22.2. The van der Waals surface area contributed by atoms with E-state index in [0.717, 1.165) is 64.1 Å². The standard InChI is InChI=1S/C22H25ClFN3O3.C13H18ClN3O.C9H8BrFO2/c1-3-25-10-12-26(13-11-25)22(29)27(19-8-6-18(23)7-9-19)15-17-5-4-16(14-20(17)24)21(28)30-2;1-2-16-7-9-17(10-8-16)13(18)15-12-5-3-11(14)4-6-12;1-13-9(12)6-2-3-7(5-10)8(11)4-6/h4-9,14H,3,10-13,15H2,1-2H3;3-6H,2,7-10H2,1H3,(H,15,18);2-4H,5H2,1H3. The number of carbonyl (C=O) groups is 4. The molecule has 2 aliphatic heterocycles. The molecule has 0 spiro atoms. The number of hydrogen-bond donors (Lipinski definition) is 1. The number of urea groups is 2. The molecule has 2 fully saturated rings. The van der Waals surface area contributed by atoms with Crippen molar-refractivity contribution in [1.82, 2.24) is 19.6 Å². The van der Waals surface area contributed by atoms with Gasteiger partial charge in [-0.3, -0.25) is 4.90 Å². The number of halogens is 5. The van der Waals surface area contributed by atoms with Crippen LogP contribution in [0.5, 0.6) is 0 Å². The van der Waals surface area contributed by atoms with E-state index < -0.39 is 23.6 Å². The zero-order chi connectivity index (χ0) is 44.5. The molecule has 4 amide bonds. The van der Waals surface area contributed by atoms with Crippen LogP contribution in [0.1, 0.15) is 45.7 Å². The van der Waals surface area contributed by atoms with Crippen molar-refractivity contribution in [2.45, 2.75) is 25.7 Å². The molecule has 6 rings (SSSR count). The van der Waals surface area contributed by atoms with Crippen LogP contribution in [0, 0.1) is 11.6 Å². The van der Waals surface area contributed by atoms with Crippen LogP contribution in [0.4, 0.5) is 29.7 Å². The Labute approximate surface area is 374 Å². The minimum atomic E-state index is -0.611. The topological polar surface area (TPSA) is 115 Å². The maximum Gasteiger partial charge on any atom is 0.337 e. The van der Waals surface area contributed by atoms with Gasteiger partial charge in [0.2, 0.25) is 0 Å². The number of likely N-dealkylation sites (N-methyl/N-ethyl adjacent to an activating group) is 2. The fraction of sp³-hybridized carbons (Fsp3) is 0.364. The highest BCUT2D eigenvalue weighted by Gasteiger charge is 2.27. The third kappa shape index (κ3) is 14.7. The molecule has 0 bridgehead atoms. The summed E-state index contributed by atoms with van der Waals surface area (Å²) in [6.07, 6.45) is 0. The predicted molar refractivity (Wildman–Crippen MR) is 239 cm³/mol. The van der Waals surface area contributed by atoms with Crippen molar-refractivity contribution >= 4 is 74.5 Å². The fourth-order valence-electron chi connectivity index (χ4n) is 6.31. The first-order valence-corrected chi connectivity index (χ1v) is 21.6. The molecule has 1 N–H and O–H groups in total. The maximum absolute atomic E-state index is 14.7. The van der Waals surface area contributed by atoms with Crippen LogP contribution >= 0.6 is 39.1 Å². The zero-order valence-corrected chi connectivity index (χ0v) is 37.7. The van der Waals surface area contributed by atoms with Gasteiger partial charge in [-0.1, -0.05) is 65.1 Å². The summed E-state index contributed by atoms with van der Waals surface area (Å²) < 4.78 is 36.9. The second-order valence-electron chi connectivity index (χ2n) is 13.9. The van der Waals surface area contributed by atoms with Crippen LogP contribution in [-0.2, 0) is 21.3 Å². The molecule has 2 aliphatic rings. The smallest absolute Gasteiger partial charge is 0.337 e. The first kappa shape index (κ1) is 48.9. The van der Waals surface area contributed by atoms with Gasteiger partial charge in [0.25, 0.3) is 0 Å². The molecule has 2 heterocycles. The molecule has 0 unspecified atom stereocenters. The number of ether oxygens (including phenoxy) is 2. The van der Waals surface area contributed by atoms with Crippen molar-refractivity contribution in [3.05, 3.63) is 129 Å². The molecule has 0 atom stereocenters. The van der Waals surface area contributed by atoms with Gasteiger partial charge in [-0.25, -0.2) is 28.0 Å². The monoisotopic (exact) mass is 946 g/mol. The van der Waals surface area contributed by atoms with E-state index >= 15 is 0 Å². The number of benzene rings is 4. The van der Waals surface area contributed by atoms with E-state index in [-0.39, 0.29) is 29.7 Å². The molecule has 0 aromatic heterocycles. The minimum Gasteiger partial charge on any atom is -0.465 e. The molecule has 0 radical (unpaired) electrons. The molecule has 328 valence electrons. The summed E-state index contributed by atoms with van der Waals surface area (Å²) in [5, 5.41) is 4.54. The third-order valence-corrected chi connectivity index (χ3v) is 11.2. The van der Waals surface area contributed by atoms with Gasteiger partial charge in [-0.15, -0.1) is 0 Å². The predicted octanol–water partition coefficient (Wildman–Crippen LogP) is 9.05. The Hall–Kier alpha value is -4.80. The molecule has 4 aromatic rings. The Kier molecular flexibility index (Phi) is 19.7. The van der Waals surface area contributed by atoms with E-state index in [1.54, 1.807) is 47.4 Å². The van der Waals surface area contributed by atoms with Gasteiger partial charge in [-0.2, -0.15) is 0 Å². The van der Waals surface area contributed by atoms with E-state index in [2.05, 4.69) is 54.4 Å². The Bertz CT molecular complexity index is 2070. The van der Waals surface area contributed by atoms with Crippen molar-refractivity contribution in [2.75, 3.05) is 89.9 Å². The Morgan fingerprint density at radius 2 is 1.10 bits per heavy atom. The number of carbonyl (C=O) groups excluding carboxylic acids is 4. The molecule has 0 aliphatic carbocycles.